The Labute approximate surface area is 120 Å². The molecule has 5 heteroatoms. The van der Waals surface area contributed by atoms with Crippen molar-refractivity contribution in [3.8, 4) is 0 Å². The maximum absolute atomic E-state index is 12.2. The molecule has 0 fully saturated rings. The minimum absolute atomic E-state index is 0.0218. The fraction of sp³-hybridized carbons (Fsp3) is 0.143. The molecule has 0 spiro atoms. The van der Waals surface area contributed by atoms with Crippen LogP contribution < -0.4 is 0 Å². The lowest BCUT2D eigenvalue weighted by Crippen LogP contribution is -2.23. The average Bonchev–Trinajstić information content (AvgIpc) is 2.66. The molecule has 0 N–H and O–H groups in total. The molecular formula is C14H10Cl2N2O. The SMILES string of the molecule is O=C1c2ccccc2CN1Cc1cc(Cl)cc(Cl)n1. The molecular weight excluding hydrogens is 283 g/mol. The molecule has 2 heterocycles. The van der Waals surface area contributed by atoms with Crippen molar-refractivity contribution in [2.24, 2.45) is 0 Å². The van der Waals surface area contributed by atoms with E-state index in [1.54, 1.807) is 17.0 Å². The molecule has 1 aliphatic heterocycles. The van der Waals surface area contributed by atoms with Crippen molar-refractivity contribution in [3.63, 3.8) is 0 Å². The van der Waals surface area contributed by atoms with Crippen molar-refractivity contribution in [1.82, 2.24) is 9.88 Å². The smallest absolute Gasteiger partial charge is 0.254 e. The first kappa shape index (κ1) is 12.5. The molecule has 2 aromatic rings. The van der Waals surface area contributed by atoms with E-state index in [2.05, 4.69) is 4.98 Å². The Morgan fingerprint density at radius 1 is 1.21 bits per heavy atom. The normalized spacial score (nSPS) is 13.8. The molecule has 0 radical (unpaired) electrons. The summed E-state index contributed by atoms with van der Waals surface area (Å²) in [5, 5.41) is 0.867. The zero-order valence-corrected chi connectivity index (χ0v) is 11.4. The second-order valence-electron chi connectivity index (χ2n) is 4.42. The molecule has 0 saturated carbocycles. The van der Waals surface area contributed by atoms with Gasteiger partial charge in [0.2, 0.25) is 0 Å². The van der Waals surface area contributed by atoms with Gasteiger partial charge in [-0.1, -0.05) is 41.4 Å². The molecule has 0 aliphatic carbocycles. The molecule has 96 valence electrons. The Balaban J connectivity index is 1.85. The molecule has 3 nitrogen and oxygen atoms in total. The first-order valence-electron chi connectivity index (χ1n) is 5.82. The molecule has 19 heavy (non-hydrogen) atoms. The quantitative estimate of drug-likeness (QED) is 0.793. The van der Waals surface area contributed by atoms with E-state index in [0.29, 0.717) is 29.0 Å². The fourth-order valence-corrected chi connectivity index (χ4v) is 2.75. The molecule has 1 aromatic carbocycles. The van der Waals surface area contributed by atoms with Crippen LogP contribution in [0.2, 0.25) is 10.2 Å². The topological polar surface area (TPSA) is 33.2 Å². The summed E-state index contributed by atoms with van der Waals surface area (Å²) in [6, 6.07) is 10.9. The summed E-state index contributed by atoms with van der Waals surface area (Å²) in [6.07, 6.45) is 0. The van der Waals surface area contributed by atoms with E-state index in [-0.39, 0.29) is 5.91 Å². The molecule has 0 bridgehead atoms. The number of hydrogen-bond donors (Lipinski definition) is 0. The number of halogens is 2. The van der Waals surface area contributed by atoms with Crippen molar-refractivity contribution in [1.29, 1.82) is 0 Å². The van der Waals surface area contributed by atoms with Gasteiger partial charge in [-0.2, -0.15) is 0 Å². The highest BCUT2D eigenvalue weighted by Gasteiger charge is 2.26. The Kier molecular flexibility index (Phi) is 3.17. The summed E-state index contributed by atoms with van der Waals surface area (Å²) in [5.41, 5.74) is 2.50. The van der Waals surface area contributed by atoms with Gasteiger partial charge in [-0.05, 0) is 23.8 Å². The van der Waals surface area contributed by atoms with Crippen LogP contribution in [0.4, 0.5) is 0 Å². The van der Waals surface area contributed by atoms with Crippen LogP contribution in [0.5, 0.6) is 0 Å². The van der Waals surface area contributed by atoms with E-state index in [1.807, 2.05) is 24.3 Å². The van der Waals surface area contributed by atoms with E-state index in [1.165, 1.54) is 0 Å². The standard InChI is InChI=1S/C14H10Cl2N2O/c15-10-5-11(17-13(16)6-10)8-18-7-9-3-1-2-4-12(9)14(18)19/h1-6H,7-8H2. The van der Waals surface area contributed by atoms with E-state index in [0.717, 1.165) is 11.1 Å². The van der Waals surface area contributed by atoms with Gasteiger partial charge >= 0.3 is 0 Å². The van der Waals surface area contributed by atoms with Crippen molar-refractivity contribution < 1.29 is 4.79 Å². The summed E-state index contributed by atoms with van der Waals surface area (Å²) in [6.45, 7) is 1.01. The highest BCUT2D eigenvalue weighted by molar-refractivity contribution is 6.33. The highest BCUT2D eigenvalue weighted by atomic mass is 35.5. The zero-order valence-electron chi connectivity index (χ0n) is 9.94. The van der Waals surface area contributed by atoms with Crippen LogP contribution in [0.3, 0.4) is 0 Å². The van der Waals surface area contributed by atoms with Crippen LogP contribution in [0.15, 0.2) is 36.4 Å². The lowest BCUT2D eigenvalue weighted by molar-refractivity contribution is 0.0764. The lowest BCUT2D eigenvalue weighted by Gasteiger charge is -2.15. The minimum atomic E-state index is 0.0218. The molecule has 1 aromatic heterocycles. The molecule has 1 amide bonds. The van der Waals surface area contributed by atoms with Crippen LogP contribution in [-0.4, -0.2) is 15.8 Å². The second-order valence-corrected chi connectivity index (χ2v) is 5.24. The zero-order chi connectivity index (χ0) is 13.4. The van der Waals surface area contributed by atoms with Crippen LogP contribution in [0.1, 0.15) is 21.6 Å². The average molecular weight is 293 g/mol. The molecule has 3 rings (SSSR count). The maximum Gasteiger partial charge on any atom is 0.254 e. The molecule has 1 aliphatic rings. The minimum Gasteiger partial charge on any atom is -0.328 e. The van der Waals surface area contributed by atoms with Gasteiger partial charge in [0.25, 0.3) is 5.91 Å². The van der Waals surface area contributed by atoms with Crippen molar-refractivity contribution >= 4 is 29.1 Å². The first-order chi connectivity index (χ1) is 9.13. The summed E-state index contributed by atoms with van der Waals surface area (Å²) in [7, 11) is 0. The maximum atomic E-state index is 12.2. The predicted molar refractivity (Wildman–Crippen MR) is 74.3 cm³/mol. The van der Waals surface area contributed by atoms with Crippen molar-refractivity contribution in [2.45, 2.75) is 13.1 Å². The second kappa shape index (κ2) is 4.83. The Morgan fingerprint density at radius 3 is 2.74 bits per heavy atom. The Hall–Kier alpha value is -1.58. The Bertz CT molecular complexity index is 637. The third kappa shape index (κ3) is 2.44. The van der Waals surface area contributed by atoms with E-state index in [4.69, 9.17) is 23.2 Å². The van der Waals surface area contributed by atoms with Crippen LogP contribution in [0.25, 0.3) is 0 Å². The van der Waals surface area contributed by atoms with Crippen molar-refractivity contribution in [2.75, 3.05) is 0 Å². The number of amides is 1. The van der Waals surface area contributed by atoms with Crippen LogP contribution in [-0.2, 0) is 13.1 Å². The lowest BCUT2D eigenvalue weighted by atomic mass is 10.1. The van der Waals surface area contributed by atoms with E-state index >= 15 is 0 Å². The number of nitrogens with zero attached hydrogens (tertiary/aromatic N) is 2. The predicted octanol–water partition coefficient (Wildman–Crippen LogP) is 3.54. The van der Waals surface area contributed by atoms with Gasteiger partial charge < -0.3 is 4.90 Å². The number of carbonyl (C=O) groups is 1. The summed E-state index contributed by atoms with van der Waals surface area (Å²) < 4.78 is 0. The molecule has 0 unspecified atom stereocenters. The number of aromatic nitrogens is 1. The Morgan fingerprint density at radius 2 is 2.00 bits per heavy atom. The van der Waals surface area contributed by atoms with Crippen LogP contribution in [0, 0.1) is 0 Å². The number of benzene rings is 1. The molecule has 0 saturated heterocycles. The summed E-state index contributed by atoms with van der Waals surface area (Å²) in [5.74, 6) is 0.0218. The number of fused-ring (bicyclic) bond motifs is 1. The van der Waals surface area contributed by atoms with Gasteiger partial charge in [-0.15, -0.1) is 0 Å². The largest absolute Gasteiger partial charge is 0.328 e. The van der Waals surface area contributed by atoms with E-state index < -0.39 is 0 Å². The first-order valence-corrected chi connectivity index (χ1v) is 6.58. The third-order valence-electron chi connectivity index (χ3n) is 3.06. The fourth-order valence-electron chi connectivity index (χ4n) is 2.24. The summed E-state index contributed by atoms with van der Waals surface area (Å²) >= 11 is 11.8. The van der Waals surface area contributed by atoms with Gasteiger partial charge in [-0.25, -0.2) is 4.98 Å². The molecule has 0 atom stereocenters. The van der Waals surface area contributed by atoms with E-state index in [9.17, 15) is 4.79 Å². The summed E-state index contributed by atoms with van der Waals surface area (Å²) in [4.78, 5) is 18.1. The monoisotopic (exact) mass is 292 g/mol. The van der Waals surface area contributed by atoms with Crippen molar-refractivity contribution in [3.05, 3.63) is 63.4 Å². The number of hydrogen-bond acceptors (Lipinski definition) is 2. The number of rotatable bonds is 2. The van der Waals surface area contributed by atoms with Crippen LogP contribution >= 0.6 is 23.2 Å². The van der Waals surface area contributed by atoms with Gasteiger partial charge in [0.1, 0.15) is 5.15 Å². The van der Waals surface area contributed by atoms with Gasteiger partial charge in [0, 0.05) is 17.1 Å². The van der Waals surface area contributed by atoms with Gasteiger partial charge in [0.05, 0.1) is 12.2 Å². The third-order valence-corrected chi connectivity index (χ3v) is 3.47. The number of carbonyl (C=O) groups excluding carboxylic acids is 1. The number of pyridine rings is 1. The van der Waals surface area contributed by atoms with Gasteiger partial charge in [0.15, 0.2) is 0 Å². The van der Waals surface area contributed by atoms with Gasteiger partial charge in [-0.3, -0.25) is 4.79 Å². The highest BCUT2D eigenvalue weighted by Crippen LogP contribution is 2.24.